The Morgan fingerprint density at radius 3 is 2.12 bits per heavy atom. The van der Waals surface area contributed by atoms with Gasteiger partial charge in [-0.2, -0.15) is 0 Å². The van der Waals surface area contributed by atoms with Crippen molar-refractivity contribution in [2.45, 2.75) is 46.2 Å². The molecule has 0 aliphatic heterocycles. The summed E-state index contributed by atoms with van der Waals surface area (Å²) in [4.78, 5) is 26.1. The van der Waals surface area contributed by atoms with E-state index in [-0.39, 0.29) is 31.0 Å². The Morgan fingerprint density at radius 1 is 1.24 bits per heavy atom. The molecule has 5 nitrogen and oxygen atoms in total. The van der Waals surface area contributed by atoms with E-state index in [1.54, 1.807) is 11.9 Å². The SMILES string of the molecule is CCN(CC(=O)N(C)C(C)C)C(C)CC(=O)O. The van der Waals surface area contributed by atoms with E-state index in [4.69, 9.17) is 5.11 Å². The van der Waals surface area contributed by atoms with Crippen LogP contribution in [0.25, 0.3) is 0 Å². The topological polar surface area (TPSA) is 60.9 Å². The Bertz CT molecular complexity index is 266. The Morgan fingerprint density at radius 2 is 1.76 bits per heavy atom. The molecule has 0 aliphatic rings. The molecule has 100 valence electrons. The van der Waals surface area contributed by atoms with Crippen molar-refractivity contribution in [3.8, 4) is 0 Å². The summed E-state index contributed by atoms with van der Waals surface area (Å²) in [6.45, 7) is 8.62. The molecule has 17 heavy (non-hydrogen) atoms. The lowest BCUT2D eigenvalue weighted by Gasteiger charge is -2.29. The first-order valence-corrected chi connectivity index (χ1v) is 6.01. The first kappa shape index (κ1) is 15.9. The standard InChI is InChI=1S/C12H24N2O3/c1-6-14(10(4)7-12(16)17)8-11(15)13(5)9(2)3/h9-10H,6-8H2,1-5H3,(H,16,17). The number of aliphatic carboxylic acids is 1. The summed E-state index contributed by atoms with van der Waals surface area (Å²) in [6, 6.07) is 0.0398. The second-order valence-corrected chi connectivity index (χ2v) is 4.61. The van der Waals surface area contributed by atoms with Crippen LogP contribution >= 0.6 is 0 Å². The molecule has 0 rings (SSSR count). The van der Waals surface area contributed by atoms with Crippen molar-refractivity contribution < 1.29 is 14.7 Å². The molecule has 0 spiro atoms. The van der Waals surface area contributed by atoms with E-state index >= 15 is 0 Å². The lowest BCUT2D eigenvalue weighted by molar-refractivity contribution is -0.140. The number of likely N-dealkylation sites (N-methyl/N-ethyl adjacent to an activating group) is 2. The van der Waals surface area contributed by atoms with Crippen molar-refractivity contribution in [1.29, 1.82) is 0 Å². The van der Waals surface area contributed by atoms with E-state index in [1.807, 2.05) is 32.6 Å². The summed E-state index contributed by atoms with van der Waals surface area (Å²) in [5, 5.41) is 8.74. The molecule has 0 saturated carbocycles. The molecule has 1 N–H and O–H groups in total. The fourth-order valence-electron chi connectivity index (χ4n) is 1.53. The zero-order valence-electron chi connectivity index (χ0n) is 11.4. The first-order chi connectivity index (χ1) is 7.79. The van der Waals surface area contributed by atoms with Gasteiger partial charge >= 0.3 is 5.97 Å². The van der Waals surface area contributed by atoms with Crippen LogP contribution in [0.3, 0.4) is 0 Å². The third-order valence-corrected chi connectivity index (χ3v) is 3.01. The Labute approximate surface area is 103 Å². The summed E-state index contributed by atoms with van der Waals surface area (Å²) in [5.74, 6) is -0.806. The molecule has 0 aliphatic carbocycles. The van der Waals surface area contributed by atoms with Crippen LogP contribution in [0, 0.1) is 0 Å². The van der Waals surface area contributed by atoms with E-state index in [2.05, 4.69) is 0 Å². The largest absolute Gasteiger partial charge is 0.481 e. The van der Waals surface area contributed by atoms with Crippen LogP contribution < -0.4 is 0 Å². The highest BCUT2D eigenvalue weighted by Crippen LogP contribution is 2.05. The molecular weight excluding hydrogens is 220 g/mol. The van der Waals surface area contributed by atoms with E-state index in [9.17, 15) is 9.59 Å². The summed E-state index contributed by atoms with van der Waals surface area (Å²) in [7, 11) is 1.77. The minimum absolute atomic E-state index is 0.0269. The van der Waals surface area contributed by atoms with E-state index in [0.717, 1.165) is 0 Å². The fraction of sp³-hybridized carbons (Fsp3) is 0.833. The van der Waals surface area contributed by atoms with Crippen LogP contribution in [0.15, 0.2) is 0 Å². The molecular formula is C12H24N2O3. The number of hydrogen-bond donors (Lipinski definition) is 1. The van der Waals surface area contributed by atoms with E-state index < -0.39 is 5.97 Å². The predicted molar refractivity (Wildman–Crippen MR) is 66.9 cm³/mol. The molecule has 1 atom stereocenters. The highest BCUT2D eigenvalue weighted by atomic mass is 16.4. The van der Waals surface area contributed by atoms with E-state index in [1.165, 1.54) is 0 Å². The zero-order chi connectivity index (χ0) is 13.6. The maximum atomic E-state index is 11.9. The molecule has 0 radical (unpaired) electrons. The number of carbonyl (C=O) groups is 2. The van der Waals surface area contributed by atoms with Gasteiger partial charge in [-0.3, -0.25) is 14.5 Å². The van der Waals surface area contributed by atoms with Crippen molar-refractivity contribution >= 4 is 11.9 Å². The second kappa shape index (κ2) is 7.27. The molecule has 0 fully saturated rings. The van der Waals surface area contributed by atoms with Crippen LogP contribution in [0.2, 0.25) is 0 Å². The molecule has 0 aromatic rings. The lowest BCUT2D eigenvalue weighted by Crippen LogP contribution is -2.45. The number of amides is 1. The smallest absolute Gasteiger partial charge is 0.304 e. The van der Waals surface area contributed by atoms with Gasteiger partial charge < -0.3 is 10.0 Å². The highest BCUT2D eigenvalue weighted by Gasteiger charge is 2.20. The molecule has 0 bridgehead atoms. The number of carbonyl (C=O) groups excluding carboxylic acids is 1. The number of carboxylic acid groups (broad SMARTS) is 1. The predicted octanol–water partition coefficient (Wildman–Crippen LogP) is 1.04. The van der Waals surface area contributed by atoms with Gasteiger partial charge in [0.2, 0.25) is 5.91 Å². The van der Waals surface area contributed by atoms with Gasteiger partial charge in [0, 0.05) is 19.1 Å². The van der Waals surface area contributed by atoms with Gasteiger partial charge in [0.25, 0.3) is 0 Å². The van der Waals surface area contributed by atoms with Crippen molar-refractivity contribution in [2.24, 2.45) is 0 Å². The number of nitrogens with zero attached hydrogens (tertiary/aromatic N) is 2. The Kier molecular flexibility index (Phi) is 6.80. The monoisotopic (exact) mass is 244 g/mol. The van der Waals surface area contributed by atoms with Crippen LogP contribution in [0.1, 0.15) is 34.1 Å². The van der Waals surface area contributed by atoms with Crippen LogP contribution in [-0.4, -0.2) is 59.0 Å². The third-order valence-electron chi connectivity index (χ3n) is 3.01. The first-order valence-electron chi connectivity index (χ1n) is 6.01. The van der Waals surface area contributed by atoms with Crippen molar-refractivity contribution in [2.75, 3.05) is 20.1 Å². The normalized spacial score (nSPS) is 12.9. The Hall–Kier alpha value is -1.10. The second-order valence-electron chi connectivity index (χ2n) is 4.61. The van der Waals surface area contributed by atoms with E-state index in [0.29, 0.717) is 6.54 Å². The van der Waals surface area contributed by atoms with Crippen LogP contribution in [-0.2, 0) is 9.59 Å². The summed E-state index contributed by atoms with van der Waals surface area (Å²) in [6.07, 6.45) is 0.0620. The lowest BCUT2D eigenvalue weighted by atomic mass is 10.2. The fourth-order valence-corrected chi connectivity index (χ4v) is 1.53. The maximum absolute atomic E-state index is 11.9. The average molecular weight is 244 g/mol. The van der Waals surface area contributed by atoms with Gasteiger partial charge in [0.15, 0.2) is 0 Å². The van der Waals surface area contributed by atoms with Gasteiger partial charge in [0.05, 0.1) is 13.0 Å². The summed E-state index contributed by atoms with van der Waals surface area (Å²) in [5.41, 5.74) is 0. The molecule has 0 saturated heterocycles. The molecule has 1 unspecified atom stereocenters. The van der Waals surface area contributed by atoms with Crippen LogP contribution in [0.5, 0.6) is 0 Å². The molecule has 0 heterocycles. The molecule has 1 amide bonds. The van der Waals surface area contributed by atoms with Crippen molar-refractivity contribution in [3.05, 3.63) is 0 Å². The molecule has 0 aromatic heterocycles. The van der Waals surface area contributed by atoms with Crippen molar-refractivity contribution in [3.63, 3.8) is 0 Å². The Balaban J connectivity index is 4.39. The van der Waals surface area contributed by atoms with Gasteiger partial charge in [-0.05, 0) is 27.3 Å². The number of hydrogen-bond acceptors (Lipinski definition) is 3. The maximum Gasteiger partial charge on any atom is 0.304 e. The molecule has 0 aromatic carbocycles. The van der Waals surface area contributed by atoms with Gasteiger partial charge in [-0.15, -0.1) is 0 Å². The summed E-state index contributed by atoms with van der Waals surface area (Å²) < 4.78 is 0. The third kappa shape index (κ3) is 5.68. The number of carboxylic acids is 1. The quantitative estimate of drug-likeness (QED) is 0.727. The van der Waals surface area contributed by atoms with Gasteiger partial charge in [-0.25, -0.2) is 0 Å². The number of rotatable bonds is 7. The van der Waals surface area contributed by atoms with Gasteiger partial charge in [-0.1, -0.05) is 6.92 Å². The minimum Gasteiger partial charge on any atom is -0.481 e. The molecule has 5 heteroatoms. The zero-order valence-corrected chi connectivity index (χ0v) is 11.4. The minimum atomic E-state index is -0.833. The van der Waals surface area contributed by atoms with Crippen LogP contribution in [0.4, 0.5) is 0 Å². The van der Waals surface area contributed by atoms with Crippen molar-refractivity contribution in [1.82, 2.24) is 9.80 Å². The van der Waals surface area contributed by atoms with Gasteiger partial charge in [0.1, 0.15) is 0 Å². The average Bonchev–Trinajstić information content (AvgIpc) is 2.22. The highest BCUT2D eigenvalue weighted by molar-refractivity contribution is 5.78. The summed E-state index contributed by atoms with van der Waals surface area (Å²) >= 11 is 0.